The molecular weight excluding hydrogens is 596 g/mol. The Labute approximate surface area is 263 Å². The van der Waals surface area contributed by atoms with E-state index >= 15 is 0 Å². The van der Waals surface area contributed by atoms with Crippen molar-refractivity contribution in [2.75, 3.05) is 37.9 Å². The molecule has 45 heavy (non-hydrogen) atoms. The molecule has 0 aliphatic rings. The molecule has 0 unspecified atom stereocenters. The summed E-state index contributed by atoms with van der Waals surface area (Å²) in [6, 6.07) is 31.0. The Morgan fingerprint density at radius 1 is 0.644 bits per heavy atom. The van der Waals surface area contributed by atoms with Crippen molar-refractivity contribution in [2.24, 2.45) is 0 Å². The summed E-state index contributed by atoms with van der Waals surface area (Å²) < 4.78 is 44.5. The first kappa shape index (κ1) is 36.0. The first-order valence-corrected chi connectivity index (χ1v) is 15.3. The minimum Gasteiger partial charge on any atom is -0.759 e. The zero-order chi connectivity index (χ0) is 32.9. The molecule has 0 atom stereocenters. The average Bonchev–Trinajstić information content (AvgIpc) is 3.05. The Hall–Kier alpha value is -5.21. The summed E-state index contributed by atoms with van der Waals surface area (Å²) in [7, 11) is -1.80. The SMILES string of the molecule is COc1cccc(CCCNc2ccc([N+]#N)cc2)c1.COc1cccc(CCCNc2ccc([N+]#N)cc2)c1.O=S(=O)([O-])[O-]. The van der Waals surface area contributed by atoms with Gasteiger partial charge in [-0.05, 0) is 85.3 Å². The van der Waals surface area contributed by atoms with E-state index in [1.54, 1.807) is 38.5 Å². The second-order valence-corrected chi connectivity index (χ2v) is 10.3. The van der Waals surface area contributed by atoms with Gasteiger partial charge in [0, 0.05) is 59.1 Å². The van der Waals surface area contributed by atoms with Crippen molar-refractivity contribution in [1.29, 1.82) is 10.8 Å². The van der Waals surface area contributed by atoms with Gasteiger partial charge in [-0.3, -0.25) is 8.42 Å². The molecule has 0 aromatic heterocycles. The number of nitrogens with zero attached hydrogens (tertiary/aromatic N) is 4. The minimum absolute atomic E-state index is 0.562. The Morgan fingerprint density at radius 3 is 1.31 bits per heavy atom. The van der Waals surface area contributed by atoms with Gasteiger partial charge < -0.3 is 29.2 Å². The van der Waals surface area contributed by atoms with Gasteiger partial charge in [-0.2, -0.15) is 0 Å². The van der Waals surface area contributed by atoms with E-state index in [4.69, 9.17) is 37.8 Å². The van der Waals surface area contributed by atoms with Gasteiger partial charge in [0.2, 0.25) is 10.8 Å². The Kier molecular flexibility index (Phi) is 15.9. The molecule has 4 rings (SSSR count). The lowest BCUT2D eigenvalue weighted by Gasteiger charge is -2.07. The van der Waals surface area contributed by atoms with Gasteiger partial charge in [0.25, 0.3) is 0 Å². The maximum Gasteiger partial charge on any atom is 0.385 e. The summed E-state index contributed by atoms with van der Waals surface area (Å²) in [6.07, 6.45) is 4.10. The first-order valence-electron chi connectivity index (χ1n) is 13.9. The van der Waals surface area contributed by atoms with Crippen LogP contribution < -0.4 is 20.1 Å². The third-order valence-corrected chi connectivity index (χ3v) is 6.18. The van der Waals surface area contributed by atoms with Crippen molar-refractivity contribution in [3.05, 3.63) is 118 Å². The van der Waals surface area contributed by atoms with Crippen LogP contribution >= 0.6 is 0 Å². The van der Waals surface area contributed by atoms with Crippen molar-refractivity contribution >= 4 is 33.1 Å². The molecule has 236 valence electrons. The van der Waals surface area contributed by atoms with Gasteiger partial charge in [-0.25, -0.2) is 0 Å². The highest BCUT2D eigenvalue weighted by Crippen LogP contribution is 2.18. The average molecular weight is 633 g/mol. The minimum atomic E-state index is -5.17. The van der Waals surface area contributed by atoms with Gasteiger partial charge in [0.15, 0.2) is 9.95 Å². The van der Waals surface area contributed by atoms with Crippen LogP contribution in [0, 0.1) is 10.8 Å². The van der Waals surface area contributed by atoms with Crippen LogP contribution in [-0.2, 0) is 23.2 Å². The van der Waals surface area contributed by atoms with Gasteiger partial charge in [0.05, 0.1) is 14.2 Å². The molecule has 4 aromatic rings. The number of methoxy groups -OCH3 is 2. The summed E-state index contributed by atoms with van der Waals surface area (Å²) in [4.78, 5) is 6.25. The number of anilines is 2. The third kappa shape index (κ3) is 16.3. The highest BCUT2D eigenvalue weighted by Gasteiger charge is 2.03. The number of hydrogen-bond donors (Lipinski definition) is 2. The van der Waals surface area contributed by atoms with Gasteiger partial charge in [-0.15, -0.1) is 0 Å². The molecule has 0 heterocycles. The van der Waals surface area contributed by atoms with Crippen molar-refractivity contribution < 1.29 is 27.0 Å². The molecule has 4 aromatic carbocycles. The maximum absolute atomic E-state index is 8.61. The lowest BCUT2D eigenvalue weighted by Crippen LogP contribution is -2.02. The standard InChI is InChI=1S/2C16H18N3O.H2O4S/c2*1-20-16-6-2-4-13(12-16)5-3-11-18-14-7-9-15(19-17)10-8-14;1-5(2,3)4/h2*2,4,6-10,12,18H,3,5,11H2,1H3;(H2,1,2,3,4)/q2*+1;/p-2. The molecule has 0 fully saturated rings. The largest absolute Gasteiger partial charge is 0.759 e. The van der Waals surface area contributed by atoms with E-state index in [0.717, 1.165) is 61.6 Å². The summed E-state index contributed by atoms with van der Waals surface area (Å²) in [5.41, 5.74) is 5.74. The Bertz CT molecular complexity index is 1520. The van der Waals surface area contributed by atoms with Crippen LogP contribution in [0.5, 0.6) is 11.5 Å². The van der Waals surface area contributed by atoms with Crippen molar-refractivity contribution in [3.8, 4) is 11.5 Å². The normalized spacial score (nSPS) is 10.0. The summed E-state index contributed by atoms with van der Waals surface area (Å²) in [5, 5.41) is 23.9. The number of rotatable bonds is 12. The summed E-state index contributed by atoms with van der Waals surface area (Å²) in [6.45, 7) is 1.79. The van der Waals surface area contributed by atoms with E-state index in [1.807, 2.05) is 48.5 Å². The fourth-order valence-corrected chi connectivity index (χ4v) is 4.00. The van der Waals surface area contributed by atoms with Crippen LogP contribution in [0.2, 0.25) is 0 Å². The topological polar surface area (TPSA) is 179 Å². The van der Waals surface area contributed by atoms with Crippen LogP contribution in [0.15, 0.2) is 97.1 Å². The second kappa shape index (κ2) is 19.9. The smallest absolute Gasteiger partial charge is 0.385 e. The highest BCUT2D eigenvalue weighted by molar-refractivity contribution is 7.79. The van der Waals surface area contributed by atoms with Crippen LogP contribution in [0.1, 0.15) is 24.0 Å². The quantitative estimate of drug-likeness (QED) is 0.0707. The van der Waals surface area contributed by atoms with Gasteiger partial charge >= 0.3 is 11.4 Å². The number of aryl methyl sites for hydroxylation is 2. The molecule has 0 amide bonds. The van der Waals surface area contributed by atoms with Crippen molar-refractivity contribution in [2.45, 2.75) is 25.7 Å². The molecule has 0 aliphatic heterocycles. The predicted octanol–water partition coefficient (Wildman–Crippen LogP) is 7.11. The van der Waals surface area contributed by atoms with Gasteiger partial charge in [0.1, 0.15) is 11.5 Å². The van der Waals surface area contributed by atoms with E-state index < -0.39 is 10.4 Å². The predicted molar refractivity (Wildman–Crippen MR) is 172 cm³/mol. The van der Waals surface area contributed by atoms with Crippen LogP contribution in [-0.4, -0.2) is 44.8 Å². The Balaban J connectivity index is 0.000000273. The molecular formula is C32H36N6O6S. The third-order valence-electron chi connectivity index (χ3n) is 6.18. The van der Waals surface area contributed by atoms with E-state index in [-0.39, 0.29) is 0 Å². The molecule has 0 saturated heterocycles. The molecule has 0 radical (unpaired) electrons. The molecule has 13 heteroatoms. The summed E-state index contributed by atoms with van der Waals surface area (Å²) in [5.74, 6) is 1.80. The van der Waals surface area contributed by atoms with E-state index in [9.17, 15) is 0 Å². The monoisotopic (exact) mass is 632 g/mol. The van der Waals surface area contributed by atoms with E-state index in [1.165, 1.54) is 11.1 Å². The van der Waals surface area contributed by atoms with E-state index in [0.29, 0.717) is 11.4 Å². The number of diazo groups is 2. The van der Waals surface area contributed by atoms with E-state index in [2.05, 4.69) is 44.9 Å². The van der Waals surface area contributed by atoms with Crippen molar-refractivity contribution in [3.63, 3.8) is 0 Å². The molecule has 0 bridgehead atoms. The fourth-order valence-electron chi connectivity index (χ4n) is 4.00. The van der Waals surface area contributed by atoms with Crippen LogP contribution in [0.4, 0.5) is 22.7 Å². The first-order chi connectivity index (χ1) is 21.6. The second-order valence-electron chi connectivity index (χ2n) is 9.47. The zero-order valence-electron chi connectivity index (χ0n) is 25.1. The van der Waals surface area contributed by atoms with Crippen LogP contribution in [0.25, 0.3) is 9.95 Å². The zero-order valence-corrected chi connectivity index (χ0v) is 25.9. The Morgan fingerprint density at radius 2 is 1.00 bits per heavy atom. The lowest BCUT2D eigenvalue weighted by molar-refractivity contribution is 0.352. The van der Waals surface area contributed by atoms with Gasteiger partial charge in [-0.1, -0.05) is 24.3 Å². The molecule has 2 N–H and O–H groups in total. The highest BCUT2D eigenvalue weighted by atomic mass is 32.3. The molecule has 0 spiro atoms. The number of benzene rings is 4. The number of hydrogen-bond acceptors (Lipinski definition) is 10. The number of nitrogens with one attached hydrogen (secondary N) is 2. The lowest BCUT2D eigenvalue weighted by atomic mass is 10.1. The molecule has 0 saturated carbocycles. The molecule has 12 nitrogen and oxygen atoms in total. The molecule has 0 aliphatic carbocycles. The summed E-state index contributed by atoms with van der Waals surface area (Å²) >= 11 is 0. The van der Waals surface area contributed by atoms with Crippen LogP contribution in [0.3, 0.4) is 0 Å². The van der Waals surface area contributed by atoms with Crippen molar-refractivity contribution in [1.82, 2.24) is 0 Å². The fraction of sp³-hybridized carbons (Fsp3) is 0.250. The maximum atomic E-state index is 8.61. The number of ether oxygens (including phenoxy) is 2.